The van der Waals surface area contributed by atoms with Crippen LogP contribution in [0.5, 0.6) is 0 Å². The molecule has 1 aliphatic heterocycles. The van der Waals surface area contributed by atoms with E-state index in [1.807, 2.05) is 26.8 Å². The van der Waals surface area contributed by atoms with Gasteiger partial charge in [-0.05, 0) is 51.7 Å². The number of carboxylic acid groups (broad SMARTS) is 1. The van der Waals surface area contributed by atoms with Crippen molar-refractivity contribution in [1.29, 1.82) is 0 Å². The van der Waals surface area contributed by atoms with E-state index < -0.39 is 11.6 Å². The summed E-state index contributed by atoms with van der Waals surface area (Å²) in [7, 11) is 0. The van der Waals surface area contributed by atoms with Crippen LogP contribution in [0.15, 0.2) is 6.07 Å². The minimum atomic E-state index is -0.953. The Balaban J connectivity index is 1.69. The second-order valence-electron chi connectivity index (χ2n) is 8.33. The molecule has 2 N–H and O–H groups in total. The molecule has 9 heteroatoms. The number of fused-ring (bicyclic) bond motifs is 1. The Morgan fingerprint density at radius 3 is 2.63 bits per heavy atom. The summed E-state index contributed by atoms with van der Waals surface area (Å²) in [5, 5.41) is 11.4. The first-order valence-corrected chi connectivity index (χ1v) is 11.1. The van der Waals surface area contributed by atoms with Gasteiger partial charge in [0.05, 0.1) is 11.4 Å². The quantitative estimate of drug-likeness (QED) is 0.540. The van der Waals surface area contributed by atoms with Gasteiger partial charge in [0, 0.05) is 24.6 Å². The number of amides is 2. The van der Waals surface area contributed by atoms with Gasteiger partial charge < -0.3 is 24.8 Å². The number of unbranched alkanes of at least 4 members (excludes halogenated alkanes) is 3. The molecule has 0 saturated carbocycles. The van der Waals surface area contributed by atoms with Gasteiger partial charge >= 0.3 is 12.1 Å². The van der Waals surface area contributed by atoms with E-state index in [0.717, 1.165) is 42.5 Å². The highest BCUT2D eigenvalue weighted by Crippen LogP contribution is 2.29. The normalized spacial score (nSPS) is 13.6. The Morgan fingerprint density at radius 1 is 1.20 bits per heavy atom. The zero-order valence-corrected chi connectivity index (χ0v) is 18.8. The maximum Gasteiger partial charge on any atom is 0.410 e. The lowest BCUT2D eigenvalue weighted by Crippen LogP contribution is -2.39. The van der Waals surface area contributed by atoms with Gasteiger partial charge in [0.15, 0.2) is 0 Å². The number of rotatable bonds is 10. The predicted molar refractivity (Wildman–Crippen MR) is 114 cm³/mol. The molecule has 0 aromatic carbocycles. The molecule has 0 unspecified atom stereocenters. The highest BCUT2D eigenvalue weighted by atomic mass is 32.1. The van der Waals surface area contributed by atoms with Crippen molar-refractivity contribution >= 4 is 29.3 Å². The molecular weight excluding hydrogens is 408 g/mol. The Morgan fingerprint density at radius 2 is 1.93 bits per heavy atom. The first kappa shape index (κ1) is 24.1. The van der Waals surface area contributed by atoms with Gasteiger partial charge in [-0.2, -0.15) is 0 Å². The lowest BCUT2D eigenvalue weighted by Gasteiger charge is -2.29. The third kappa shape index (κ3) is 8.31. The summed E-state index contributed by atoms with van der Waals surface area (Å²) in [6.45, 7) is 7.40. The average molecular weight is 441 g/mol. The van der Waals surface area contributed by atoms with Gasteiger partial charge in [0.2, 0.25) is 0 Å². The molecule has 1 aliphatic rings. The molecule has 1 aromatic rings. The number of hydrogen-bond donors (Lipinski definition) is 2. The molecule has 8 nitrogen and oxygen atoms in total. The fraction of sp³-hybridized carbons (Fsp3) is 0.667. The third-order valence-corrected chi connectivity index (χ3v) is 5.70. The molecule has 1 aromatic heterocycles. The highest BCUT2D eigenvalue weighted by molar-refractivity contribution is 7.14. The number of carboxylic acids is 1. The lowest BCUT2D eigenvalue weighted by atomic mass is 10.1. The summed E-state index contributed by atoms with van der Waals surface area (Å²) in [6.07, 6.45) is 3.97. The van der Waals surface area contributed by atoms with Crippen LogP contribution in [0.4, 0.5) is 4.79 Å². The van der Waals surface area contributed by atoms with Crippen LogP contribution in [0, 0.1) is 0 Å². The predicted octanol–water partition coefficient (Wildman–Crippen LogP) is 3.43. The van der Waals surface area contributed by atoms with Gasteiger partial charge in [-0.1, -0.05) is 12.8 Å². The van der Waals surface area contributed by atoms with E-state index in [-0.39, 0.29) is 18.6 Å². The number of carbonyl (C=O) groups is 3. The van der Waals surface area contributed by atoms with E-state index in [1.165, 1.54) is 11.3 Å². The SMILES string of the molecule is CC(C)(C)OC(=O)N1CCc2sc(C(=O)NCCCCCCOCC(=O)O)cc2C1. The highest BCUT2D eigenvalue weighted by Gasteiger charge is 2.27. The van der Waals surface area contributed by atoms with Crippen LogP contribution >= 0.6 is 11.3 Å². The largest absolute Gasteiger partial charge is 0.480 e. The fourth-order valence-corrected chi connectivity index (χ4v) is 4.14. The minimum Gasteiger partial charge on any atom is -0.480 e. The van der Waals surface area contributed by atoms with Crippen molar-refractivity contribution in [2.75, 3.05) is 26.3 Å². The number of thiophene rings is 1. The van der Waals surface area contributed by atoms with Crippen LogP contribution in [0.3, 0.4) is 0 Å². The van der Waals surface area contributed by atoms with Gasteiger partial charge in [0.1, 0.15) is 12.2 Å². The van der Waals surface area contributed by atoms with Crippen LogP contribution in [0.25, 0.3) is 0 Å². The number of nitrogens with one attached hydrogen (secondary N) is 1. The van der Waals surface area contributed by atoms with E-state index in [4.69, 9.17) is 14.6 Å². The van der Waals surface area contributed by atoms with Gasteiger partial charge in [0.25, 0.3) is 5.91 Å². The van der Waals surface area contributed by atoms with Gasteiger partial charge in [-0.25, -0.2) is 9.59 Å². The average Bonchev–Trinajstić information content (AvgIpc) is 3.08. The molecule has 0 atom stereocenters. The number of aliphatic carboxylic acids is 1. The first-order valence-electron chi connectivity index (χ1n) is 10.3. The van der Waals surface area contributed by atoms with Crippen LogP contribution in [0.1, 0.15) is 66.6 Å². The number of nitrogens with zero attached hydrogens (tertiary/aromatic N) is 1. The Labute approximate surface area is 181 Å². The maximum atomic E-state index is 12.4. The molecule has 168 valence electrons. The minimum absolute atomic E-state index is 0.0805. The van der Waals surface area contributed by atoms with Crippen LogP contribution in [0.2, 0.25) is 0 Å². The Hall–Kier alpha value is -2.13. The van der Waals surface area contributed by atoms with Gasteiger partial charge in [-0.3, -0.25) is 4.79 Å². The van der Waals surface area contributed by atoms with E-state index in [0.29, 0.717) is 31.1 Å². The van der Waals surface area contributed by atoms with E-state index in [9.17, 15) is 14.4 Å². The van der Waals surface area contributed by atoms with Gasteiger partial charge in [-0.15, -0.1) is 11.3 Å². The van der Waals surface area contributed by atoms with Crippen molar-refractivity contribution in [2.45, 2.75) is 65.0 Å². The molecule has 0 fully saturated rings. The first-order chi connectivity index (χ1) is 14.2. The van der Waals surface area contributed by atoms with Crippen LogP contribution < -0.4 is 5.32 Å². The number of ether oxygens (including phenoxy) is 2. The van der Waals surface area contributed by atoms with Crippen molar-refractivity contribution in [2.24, 2.45) is 0 Å². The molecule has 30 heavy (non-hydrogen) atoms. The standard InChI is InChI=1S/C21H32N2O6S/c1-21(2,3)29-20(27)23-10-8-16-15(13-23)12-17(30-16)19(26)22-9-6-4-5-7-11-28-14-18(24)25/h12H,4-11,13-14H2,1-3H3,(H,22,26)(H,24,25). The van der Waals surface area contributed by atoms with Crippen LogP contribution in [-0.4, -0.2) is 59.9 Å². The van der Waals surface area contributed by atoms with E-state index in [2.05, 4.69) is 5.32 Å². The zero-order chi connectivity index (χ0) is 22.1. The van der Waals surface area contributed by atoms with Crippen molar-refractivity contribution in [3.05, 3.63) is 21.4 Å². The van der Waals surface area contributed by atoms with E-state index >= 15 is 0 Å². The molecule has 0 bridgehead atoms. The Bertz CT molecular complexity index is 740. The smallest absolute Gasteiger partial charge is 0.410 e. The molecular formula is C21H32N2O6S. The maximum absolute atomic E-state index is 12.4. The molecule has 2 amide bonds. The van der Waals surface area contributed by atoms with E-state index in [1.54, 1.807) is 4.90 Å². The monoisotopic (exact) mass is 440 g/mol. The second-order valence-corrected chi connectivity index (χ2v) is 9.46. The van der Waals surface area contributed by atoms with Crippen LogP contribution in [-0.2, 0) is 27.2 Å². The zero-order valence-electron chi connectivity index (χ0n) is 18.0. The summed E-state index contributed by atoms with van der Waals surface area (Å²) < 4.78 is 10.4. The summed E-state index contributed by atoms with van der Waals surface area (Å²) in [5.41, 5.74) is 0.492. The molecule has 0 spiro atoms. The Kier molecular flexibility index (Phi) is 9.10. The lowest BCUT2D eigenvalue weighted by molar-refractivity contribution is -0.142. The summed E-state index contributed by atoms with van der Waals surface area (Å²) in [6, 6.07) is 1.88. The number of carbonyl (C=O) groups excluding carboxylic acids is 2. The van der Waals surface area contributed by atoms with Crippen molar-refractivity contribution in [3.63, 3.8) is 0 Å². The molecule has 2 heterocycles. The van der Waals surface area contributed by atoms with Crippen molar-refractivity contribution in [3.8, 4) is 0 Å². The number of hydrogen-bond acceptors (Lipinski definition) is 6. The summed E-state index contributed by atoms with van der Waals surface area (Å²) in [5.74, 6) is -1.03. The topological polar surface area (TPSA) is 105 Å². The summed E-state index contributed by atoms with van der Waals surface area (Å²) in [4.78, 5) is 38.5. The molecule has 0 aliphatic carbocycles. The summed E-state index contributed by atoms with van der Waals surface area (Å²) >= 11 is 1.49. The molecule has 2 rings (SSSR count). The second kappa shape index (κ2) is 11.3. The fourth-order valence-electron chi connectivity index (χ4n) is 3.06. The van der Waals surface area contributed by atoms with Crippen molar-refractivity contribution in [1.82, 2.24) is 10.2 Å². The third-order valence-electron chi connectivity index (χ3n) is 4.47. The molecule has 0 radical (unpaired) electrons. The van der Waals surface area contributed by atoms with Crippen molar-refractivity contribution < 1.29 is 29.0 Å². The molecule has 0 saturated heterocycles.